The van der Waals surface area contributed by atoms with Gasteiger partial charge >= 0.3 is 0 Å². The lowest BCUT2D eigenvalue weighted by molar-refractivity contribution is 0.606. The van der Waals surface area contributed by atoms with Gasteiger partial charge in [0.15, 0.2) is 0 Å². The fourth-order valence-corrected chi connectivity index (χ4v) is 1.24. The quantitative estimate of drug-likeness (QED) is 0.723. The van der Waals surface area contributed by atoms with Gasteiger partial charge in [-0.05, 0) is 29.0 Å². The number of nitrogens with two attached hydrogens (primary N) is 1. The highest BCUT2D eigenvalue weighted by Gasteiger charge is 2.11. The van der Waals surface area contributed by atoms with E-state index in [9.17, 15) is 4.39 Å². The van der Waals surface area contributed by atoms with Gasteiger partial charge in [0, 0.05) is 0 Å². The zero-order chi connectivity index (χ0) is 10.1. The molecule has 0 amide bonds. The van der Waals surface area contributed by atoms with Gasteiger partial charge in [0.25, 0.3) is 0 Å². The van der Waals surface area contributed by atoms with Gasteiger partial charge in [-0.15, -0.1) is 0 Å². The summed E-state index contributed by atoms with van der Waals surface area (Å²) in [5, 5.41) is 10.4. The SMILES string of the molecule is Cc1cccc(F)c1-n1nnnc1N. The Morgan fingerprint density at radius 3 is 2.79 bits per heavy atom. The monoisotopic (exact) mass is 193 g/mol. The Kier molecular flexibility index (Phi) is 1.88. The van der Waals surface area contributed by atoms with E-state index in [0.717, 1.165) is 5.56 Å². The molecule has 14 heavy (non-hydrogen) atoms. The van der Waals surface area contributed by atoms with Gasteiger partial charge in [-0.1, -0.05) is 17.2 Å². The van der Waals surface area contributed by atoms with Gasteiger partial charge in [0.2, 0.25) is 5.95 Å². The van der Waals surface area contributed by atoms with Crippen molar-refractivity contribution < 1.29 is 4.39 Å². The molecule has 0 spiro atoms. The van der Waals surface area contributed by atoms with Crippen molar-refractivity contribution in [2.75, 3.05) is 5.73 Å². The molecular formula is C8H8FN5. The van der Waals surface area contributed by atoms with Crippen molar-refractivity contribution in [3.05, 3.63) is 29.6 Å². The van der Waals surface area contributed by atoms with Crippen LogP contribution in [0.25, 0.3) is 5.69 Å². The molecule has 2 rings (SSSR count). The molecule has 1 heterocycles. The average Bonchev–Trinajstić information content (AvgIpc) is 2.52. The number of nitrogen functional groups attached to an aromatic ring is 1. The van der Waals surface area contributed by atoms with Crippen LogP contribution in [0.3, 0.4) is 0 Å². The fraction of sp³-hybridized carbons (Fsp3) is 0.125. The highest BCUT2D eigenvalue weighted by molar-refractivity contribution is 5.43. The van der Waals surface area contributed by atoms with Crippen LogP contribution in [0.1, 0.15) is 5.56 Å². The molecule has 2 N–H and O–H groups in total. The summed E-state index contributed by atoms with van der Waals surface area (Å²) in [6, 6.07) is 4.72. The molecule has 2 aromatic rings. The number of rotatable bonds is 1. The van der Waals surface area contributed by atoms with Crippen LogP contribution >= 0.6 is 0 Å². The lowest BCUT2D eigenvalue weighted by Gasteiger charge is -2.05. The van der Waals surface area contributed by atoms with E-state index in [0.29, 0.717) is 0 Å². The molecule has 0 saturated carbocycles. The van der Waals surface area contributed by atoms with Gasteiger partial charge < -0.3 is 5.73 Å². The first-order valence-corrected chi connectivity index (χ1v) is 3.99. The molecule has 0 aliphatic heterocycles. The largest absolute Gasteiger partial charge is 0.366 e. The normalized spacial score (nSPS) is 10.4. The number of aryl methyl sites for hydroxylation is 1. The highest BCUT2D eigenvalue weighted by Crippen LogP contribution is 2.18. The molecule has 5 nitrogen and oxygen atoms in total. The molecule has 1 aromatic heterocycles. The summed E-state index contributed by atoms with van der Waals surface area (Å²) < 4.78 is 14.6. The molecule has 6 heteroatoms. The molecule has 0 saturated heterocycles. The number of tetrazole rings is 1. The van der Waals surface area contributed by atoms with Gasteiger partial charge in [-0.3, -0.25) is 0 Å². The topological polar surface area (TPSA) is 69.6 Å². The lowest BCUT2D eigenvalue weighted by atomic mass is 10.2. The van der Waals surface area contributed by atoms with Crippen LogP contribution in [0.4, 0.5) is 10.3 Å². The summed E-state index contributed by atoms with van der Waals surface area (Å²) in [6.07, 6.45) is 0. The van der Waals surface area contributed by atoms with Gasteiger partial charge in [0.05, 0.1) is 0 Å². The van der Waals surface area contributed by atoms with Gasteiger partial charge in [-0.2, -0.15) is 4.68 Å². The number of anilines is 1. The van der Waals surface area contributed by atoms with Crippen molar-refractivity contribution in [2.24, 2.45) is 0 Å². The summed E-state index contributed by atoms with van der Waals surface area (Å²) in [5.41, 5.74) is 6.48. The second-order valence-corrected chi connectivity index (χ2v) is 2.85. The minimum Gasteiger partial charge on any atom is -0.366 e. The Labute approximate surface area is 79.3 Å². The standard InChI is InChI=1S/C8H8FN5/c1-5-3-2-4-6(9)7(5)14-8(10)11-12-13-14/h2-4H,1H3,(H2,10,11,13). The van der Waals surface area contributed by atoms with E-state index in [2.05, 4.69) is 15.5 Å². The summed E-state index contributed by atoms with van der Waals surface area (Å²) >= 11 is 0. The predicted molar refractivity (Wildman–Crippen MR) is 48.3 cm³/mol. The molecule has 0 bridgehead atoms. The van der Waals surface area contributed by atoms with Crippen molar-refractivity contribution in [1.82, 2.24) is 20.2 Å². The van der Waals surface area contributed by atoms with Crippen LogP contribution in [0, 0.1) is 12.7 Å². The van der Waals surface area contributed by atoms with Crippen LogP contribution in [0.5, 0.6) is 0 Å². The Bertz CT molecular complexity index is 444. The first-order valence-electron chi connectivity index (χ1n) is 3.99. The molecule has 0 unspecified atom stereocenters. The molecule has 0 aliphatic rings. The smallest absolute Gasteiger partial charge is 0.245 e. The highest BCUT2D eigenvalue weighted by atomic mass is 19.1. The second-order valence-electron chi connectivity index (χ2n) is 2.85. The van der Waals surface area contributed by atoms with E-state index in [4.69, 9.17) is 5.73 Å². The molecule has 0 fully saturated rings. The summed E-state index contributed by atoms with van der Waals surface area (Å²) in [4.78, 5) is 0. The van der Waals surface area contributed by atoms with Crippen LogP contribution in [0.15, 0.2) is 18.2 Å². The van der Waals surface area contributed by atoms with Gasteiger partial charge in [0.1, 0.15) is 11.5 Å². The Morgan fingerprint density at radius 2 is 2.21 bits per heavy atom. The lowest BCUT2D eigenvalue weighted by Crippen LogP contribution is -2.06. The number of hydrogen-bond acceptors (Lipinski definition) is 4. The van der Waals surface area contributed by atoms with Crippen molar-refractivity contribution >= 4 is 5.95 Å². The maximum absolute atomic E-state index is 13.4. The predicted octanol–water partition coefficient (Wildman–Crippen LogP) is 0.692. The summed E-state index contributed by atoms with van der Waals surface area (Å²) in [7, 11) is 0. The number of hydrogen-bond donors (Lipinski definition) is 1. The number of aromatic nitrogens is 4. The molecule has 1 aromatic carbocycles. The second kappa shape index (κ2) is 3.06. The van der Waals surface area contributed by atoms with E-state index in [1.165, 1.54) is 10.7 Å². The number of para-hydroxylation sites is 1. The van der Waals surface area contributed by atoms with E-state index in [1.54, 1.807) is 19.1 Å². The molecule has 0 radical (unpaired) electrons. The fourth-order valence-electron chi connectivity index (χ4n) is 1.24. The Balaban J connectivity index is 2.68. The van der Waals surface area contributed by atoms with Crippen LogP contribution in [-0.2, 0) is 0 Å². The first kappa shape index (κ1) is 8.61. The number of halogens is 1. The minimum absolute atomic E-state index is 0.0678. The van der Waals surface area contributed by atoms with E-state index in [-0.39, 0.29) is 11.6 Å². The van der Waals surface area contributed by atoms with E-state index >= 15 is 0 Å². The van der Waals surface area contributed by atoms with Gasteiger partial charge in [-0.25, -0.2) is 4.39 Å². The van der Waals surface area contributed by atoms with Crippen LogP contribution in [0.2, 0.25) is 0 Å². The maximum atomic E-state index is 13.4. The average molecular weight is 193 g/mol. The molecule has 0 aliphatic carbocycles. The third kappa shape index (κ3) is 1.20. The van der Waals surface area contributed by atoms with E-state index in [1.807, 2.05) is 0 Å². The van der Waals surface area contributed by atoms with Crippen molar-refractivity contribution in [1.29, 1.82) is 0 Å². The van der Waals surface area contributed by atoms with Crippen molar-refractivity contribution in [3.8, 4) is 5.69 Å². The Hall–Kier alpha value is -1.98. The van der Waals surface area contributed by atoms with Crippen molar-refractivity contribution in [2.45, 2.75) is 6.92 Å². The zero-order valence-corrected chi connectivity index (χ0v) is 7.48. The summed E-state index contributed by atoms with van der Waals surface area (Å²) in [5.74, 6) is -0.331. The zero-order valence-electron chi connectivity index (χ0n) is 7.48. The van der Waals surface area contributed by atoms with E-state index < -0.39 is 5.82 Å². The van der Waals surface area contributed by atoms with Crippen molar-refractivity contribution in [3.63, 3.8) is 0 Å². The molecule has 0 atom stereocenters. The molecular weight excluding hydrogens is 185 g/mol. The number of benzene rings is 1. The first-order chi connectivity index (χ1) is 6.70. The maximum Gasteiger partial charge on any atom is 0.245 e. The van der Waals surface area contributed by atoms with Crippen LogP contribution in [-0.4, -0.2) is 20.2 Å². The van der Waals surface area contributed by atoms with Crippen LogP contribution < -0.4 is 5.73 Å². The Morgan fingerprint density at radius 1 is 1.43 bits per heavy atom. The minimum atomic E-state index is -0.399. The number of nitrogens with zero attached hydrogens (tertiary/aromatic N) is 4. The third-order valence-corrected chi connectivity index (χ3v) is 1.89. The third-order valence-electron chi connectivity index (χ3n) is 1.89. The molecule has 72 valence electrons. The summed E-state index contributed by atoms with van der Waals surface area (Å²) in [6.45, 7) is 1.76.